The molecule has 0 spiro atoms. The Morgan fingerprint density at radius 2 is 2.50 bits per heavy atom. The van der Waals surface area contributed by atoms with Crippen molar-refractivity contribution in [2.45, 2.75) is 6.61 Å². The van der Waals surface area contributed by atoms with Gasteiger partial charge in [-0.15, -0.1) is 0 Å². The van der Waals surface area contributed by atoms with Gasteiger partial charge >= 0.3 is 0 Å². The van der Waals surface area contributed by atoms with Crippen LogP contribution in [0.5, 0.6) is 0 Å². The molecule has 0 saturated carbocycles. The fourth-order valence-corrected chi connectivity index (χ4v) is 0.693. The second kappa shape index (κ2) is 2.49. The van der Waals surface area contributed by atoms with Crippen LogP contribution in [0.3, 0.4) is 0 Å². The minimum Gasteiger partial charge on any atom is -0.390 e. The van der Waals surface area contributed by atoms with Gasteiger partial charge in [0.15, 0.2) is 0 Å². The number of aliphatic hydroxyl groups is 1. The summed E-state index contributed by atoms with van der Waals surface area (Å²) in [4.78, 5) is 12.1. The molecule has 0 aliphatic rings. The van der Waals surface area contributed by atoms with Crippen LogP contribution in [0.2, 0.25) is 0 Å². The summed E-state index contributed by atoms with van der Waals surface area (Å²) in [6, 6.07) is 1.31. The number of H-pyrrole nitrogens is 1. The van der Waals surface area contributed by atoms with Gasteiger partial charge in [0, 0.05) is 12.3 Å². The molecule has 5 nitrogen and oxygen atoms in total. The van der Waals surface area contributed by atoms with Crippen molar-refractivity contribution in [3.8, 4) is 0 Å². The number of hydrogen-bond acceptors (Lipinski definition) is 3. The van der Waals surface area contributed by atoms with Crippen molar-refractivity contribution in [1.82, 2.24) is 4.98 Å². The molecule has 0 radical (unpaired) electrons. The molecule has 54 valence electrons. The van der Waals surface area contributed by atoms with E-state index in [1.54, 1.807) is 0 Å². The van der Waals surface area contributed by atoms with E-state index in [0.29, 0.717) is 0 Å². The summed E-state index contributed by atoms with van der Waals surface area (Å²) in [5.74, 6) is 0. The van der Waals surface area contributed by atoms with E-state index in [9.17, 15) is 10.1 Å². The lowest BCUT2D eigenvalue weighted by atomic mass is 10.4. The molecule has 0 atom stereocenters. The molecule has 0 saturated heterocycles. The maximum atomic E-state index is 10.1. The van der Waals surface area contributed by atoms with Gasteiger partial charge in [-0.1, -0.05) is 0 Å². The molecule has 1 heterocycles. The third-order valence-electron chi connectivity index (χ3n) is 1.16. The number of nitro groups is 1. The maximum Gasteiger partial charge on any atom is 0.292 e. The molecular formula is C5H6N2O3. The summed E-state index contributed by atoms with van der Waals surface area (Å²) >= 11 is 0. The van der Waals surface area contributed by atoms with Crippen LogP contribution in [0.1, 0.15) is 5.69 Å². The maximum absolute atomic E-state index is 10.1. The standard InChI is InChI=1S/C5H6N2O3/c8-3-4-5(7(9)10)1-2-6-4/h1-2,6,8H,3H2. The highest BCUT2D eigenvalue weighted by Gasteiger charge is 2.12. The Labute approximate surface area is 56.5 Å². The number of aromatic nitrogens is 1. The largest absolute Gasteiger partial charge is 0.390 e. The lowest BCUT2D eigenvalue weighted by molar-refractivity contribution is -0.385. The molecule has 2 N–H and O–H groups in total. The van der Waals surface area contributed by atoms with Crippen LogP contribution in [0.4, 0.5) is 5.69 Å². The zero-order chi connectivity index (χ0) is 7.56. The molecule has 0 amide bonds. The highest BCUT2D eigenvalue weighted by Crippen LogP contribution is 2.15. The molecule has 0 aliphatic heterocycles. The molecule has 10 heavy (non-hydrogen) atoms. The molecule has 1 rings (SSSR count). The van der Waals surface area contributed by atoms with E-state index < -0.39 is 4.92 Å². The number of hydrogen-bond donors (Lipinski definition) is 2. The summed E-state index contributed by atoms with van der Waals surface area (Å²) in [5.41, 5.74) is 0.174. The van der Waals surface area contributed by atoms with Crippen molar-refractivity contribution in [2.75, 3.05) is 0 Å². The highest BCUT2D eigenvalue weighted by molar-refractivity contribution is 5.34. The Kier molecular flexibility index (Phi) is 1.68. The number of aliphatic hydroxyl groups excluding tert-OH is 1. The Bertz CT molecular complexity index is 243. The van der Waals surface area contributed by atoms with Gasteiger partial charge in [-0.05, 0) is 0 Å². The van der Waals surface area contributed by atoms with Gasteiger partial charge in [0.1, 0.15) is 5.69 Å². The minimum absolute atomic E-state index is 0.0671. The highest BCUT2D eigenvalue weighted by atomic mass is 16.6. The molecule has 0 unspecified atom stereocenters. The Hall–Kier alpha value is -1.36. The summed E-state index contributed by atoms with van der Waals surface area (Å²) in [6.07, 6.45) is 1.42. The number of nitrogens with one attached hydrogen (secondary N) is 1. The first kappa shape index (κ1) is 6.76. The Morgan fingerprint density at radius 3 is 2.90 bits per heavy atom. The lowest BCUT2D eigenvalue weighted by Gasteiger charge is -1.88. The summed E-state index contributed by atoms with van der Waals surface area (Å²) in [5, 5.41) is 18.6. The van der Waals surface area contributed by atoms with E-state index in [4.69, 9.17) is 5.11 Å². The van der Waals surface area contributed by atoms with Gasteiger partial charge in [0.05, 0.1) is 11.5 Å². The minimum atomic E-state index is -0.540. The quantitative estimate of drug-likeness (QED) is 0.463. The van der Waals surface area contributed by atoms with Gasteiger partial charge in [-0.25, -0.2) is 0 Å². The van der Waals surface area contributed by atoms with Gasteiger partial charge in [0.25, 0.3) is 5.69 Å². The zero-order valence-electron chi connectivity index (χ0n) is 5.07. The van der Waals surface area contributed by atoms with Crippen LogP contribution in [0.15, 0.2) is 12.3 Å². The summed E-state index contributed by atoms with van der Waals surface area (Å²) < 4.78 is 0. The average Bonchev–Trinajstić information content (AvgIpc) is 2.33. The normalized spacial score (nSPS) is 9.70. The molecule has 0 aliphatic carbocycles. The predicted octanol–water partition coefficient (Wildman–Crippen LogP) is 0.415. The first-order valence-electron chi connectivity index (χ1n) is 2.67. The van der Waals surface area contributed by atoms with E-state index >= 15 is 0 Å². The van der Waals surface area contributed by atoms with Crippen molar-refractivity contribution in [2.24, 2.45) is 0 Å². The monoisotopic (exact) mass is 142 g/mol. The van der Waals surface area contributed by atoms with Gasteiger partial charge < -0.3 is 10.1 Å². The van der Waals surface area contributed by atoms with Crippen LogP contribution in [0, 0.1) is 10.1 Å². The van der Waals surface area contributed by atoms with Crippen LogP contribution in [-0.2, 0) is 6.61 Å². The van der Waals surface area contributed by atoms with Crippen molar-refractivity contribution in [1.29, 1.82) is 0 Å². The molecule has 0 aromatic carbocycles. The number of nitrogens with zero attached hydrogens (tertiary/aromatic N) is 1. The fourth-order valence-electron chi connectivity index (χ4n) is 0.693. The third kappa shape index (κ3) is 0.985. The van der Waals surface area contributed by atoms with E-state index in [1.165, 1.54) is 12.3 Å². The lowest BCUT2D eigenvalue weighted by Crippen LogP contribution is -1.91. The molecule has 1 aromatic rings. The Balaban J connectivity index is 3.01. The van der Waals surface area contributed by atoms with Gasteiger partial charge in [0.2, 0.25) is 0 Å². The summed E-state index contributed by atoms with van der Waals surface area (Å²) in [7, 11) is 0. The molecule has 0 bridgehead atoms. The van der Waals surface area contributed by atoms with E-state index in [-0.39, 0.29) is 18.0 Å². The first-order chi connectivity index (χ1) is 4.75. The topological polar surface area (TPSA) is 79.2 Å². The van der Waals surface area contributed by atoms with Crippen molar-refractivity contribution < 1.29 is 10.0 Å². The summed E-state index contributed by atoms with van der Waals surface area (Å²) in [6.45, 7) is -0.330. The molecular weight excluding hydrogens is 136 g/mol. The fraction of sp³-hybridized carbons (Fsp3) is 0.200. The van der Waals surface area contributed by atoms with Crippen LogP contribution in [-0.4, -0.2) is 15.0 Å². The van der Waals surface area contributed by atoms with Crippen LogP contribution < -0.4 is 0 Å². The van der Waals surface area contributed by atoms with Gasteiger partial charge in [-0.2, -0.15) is 0 Å². The van der Waals surface area contributed by atoms with Crippen LogP contribution in [0.25, 0.3) is 0 Å². The Morgan fingerprint density at radius 1 is 1.80 bits per heavy atom. The molecule has 5 heteroatoms. The van der Waals surface area contributed by atoms with E-state index in [2.05, 4.69) is 4.98 Å². The van der Waals surface area contributed by atoms with E-state index in [1.807, 2.05) is 0 Å². The smallest absolute Gasteiger partial charge is 0.292 e. The average molecular weight is 142 g/mol. The van der Waals surface area contributed by atoms with Gasteiger partial charge in [-0.3, -0.25) is 10.1 Å². The molecule has 1 aromatic heterocycles. The van der Waals surface area contributed by atoms with Crippen molar-refractivity contribution in [3.63, 3.8) is 0 Å². The SMILES string of the molecule is O=[N+]([O-])c1cc[nH]c1CO. The number of aromatic amines is 1. The third-order valence-corrected chi connectivity index (χ3v) is 1.16. The second-order valence-electron chi connectivity index (χ2n) is 1.76. The van der Waals surface area contributed by atoms with E-state index in [0.717, 1.165) is 0 Å². The predicted molar refractivity (Wildman–Crippen MR) is 33.4 cm³/mol. The first-order valence-corrected chi connectivity index (χ1v) is 2.67. The van der Waals surface area contributed by atoms with Crippen molar-refractivity contribution >= 4 is 5.69 Å². The zero-order valence-corrected chi connectivity index (χ0v) is 5.07. The molecule has 0 fully saturated rings. The number of rotatable bonds is 2. The van der Waals surface area contributed by atoms with Crippen molar-refractivity contribution in [3.05, 3.63) is 28.1 Å². The second-order valence-corrected chi connectivity index (χ2v) is 1.76. The van der Waals surface area contributed by atoms with Crippen LogP contribution >= 0.6 is 0 Å².